The van der Waals surface area contributed by atoms with Crippen LogP contribution in [0.1, 0.15) is 19.4 Å². The molecule has 3 rings (SSSR count). The van der Waals surface area contributed by atoms with Crippen LogP contribution in [-0.2, 0) is 0 Å². The van der Waals surface area contributed by atoms with E-state index in [1.54, 1.807) is 12.1 Å². The largest absolute Gasteiger partial charge is 0.453 e. The average Bonchev–Trinajstić information content (AvgIpc) is 2.41. The van der Waals surface area contributed by atoms with E-state index in [4.69, 9.17) is 13.0 Å². The van der Waals surface area contributed by atoms with Crippen molar-refractivity contribution >= 4 is 11.4 Å². The normalized spacial score (nSPS) is 19.2. The lowest BCUT2D eigenvalue weighted by Crippen LogP contribution is -2.03. The van der Waals surface area contributed by atoms with E-state index in [0.717, 1.165) is 0 Å². The predicted octanol–water partition coefficient (Wildman–Crippen LogP) is 4.15. The number of hydrogen-bond acceptors (Lipinski definition) is 2. The third kappa shape index (κ3) is 1.43. The van der Waals surface area contributed by atoms with Crippen LogP contribution in [0.5, 0.6) is 11.5 Å². The number of hydrogen-bond donors (Lipinski definition) is 1. The van der Waals surface area contributed by atoms with Crippen molar-refractivity contribution in [2.24, 2.45) is 0 Å². The fourth-order valence-electron chi connectivity index (χ4n) is 1.70. The molecule has 0 saturated heterocycles. The zero-order valence-electron chi connectivity index (χ0n) is 14.4. The first kappa shape index (κ1) is 4.91. The zero-order chi connectivity index (χ0) is 16.1. The Balaban J connectivity index is 2.00. The fraction of sp³-hybridized carbons (Fsp3) is 0.143. The van der Waals surface area contributed by atoms with E-state index in [9.17, 15) is 0 Å². The molecule has 0 aromatic heterocycles. The van der Waals surface area contributed by atoms with Crippen molar-refractivity contribution in [3.8, 4) is 11.5 Å². The Kier molecular flexibility index (Phi) is 1.00. The summed E-state index contributed by atoms with van der Waals surface area (Å²) in [5, 5.41) is 3.04. The van der Waals surface area contributed by atoms with Crippen molar-refractivity contribution in [1.82, 2.24) is 0 Å². The average molecular weight is 217 g/mol. The van der Waals surface area contributed by atoms with Crippen molar-refractivity contribution < 1.29 is 13.0 Å². The maximum atomic E-state index is 7.44. The molecule has 0 bridgehead atoms. The van der Waals surface area contributed by atoms with E-state index in [2.05, 4.69) is 5.32 Å². The van der Waals surface area contributed by atoms with Gasteiger partial charge in [0.15, 0.2) is 11.5 Å². The minimum Gasteiger partial charge on any atom is -0.453 e. The second kappa shape index (κ2) is 3.27. The van der Waals surface area contributed by atoms with Crippen molar-refractivity contribution in [2.75, 3.05) is 5.32 Å². The number of fused-ring (bicyclic) bond motifs is 2. The number of ether oxygens (including phenoxy) is 1. The van der Waals surface area contributed by atoms with Crippen molar-refractivity contribution in [2.45, 2.75) is 13.7 Å². The molecule has 0 radical (unpaired) electrons. The van der Waals surface area contributed by atoms with Crippen LogP contribution in [-0.4, -0.2) is 0 Å². The molecule has 1 N–H and O–H groups in total. The Labute approximate surface area is 103 Å². The summed E-state index contributed by atoms with van der Waals surface area (Å²) in [6.07, 6.45) is 0. The first-order valence-corrected chi connectivity index (χ1v) is 4.88. The smallest absolute Gasteiger partial charge is 0.150 e. The van der Waals surface area contributed by atoms with Gasteiger partial charge in [-0.15, -0.1) is 0 Å². The molecule has 2 heteroatoms. The summed E-state index contributed by atoms with van der Waals surface area (Å²) in [6, 6.07) is 9.15. The number of aryl methyl sites for hydroxylation is 2. The minimum atomic E-state index is -2.21. The topological polar surface area (TPSA) is 21.3 Å². The van der Waals surface area contributed by atoms with Gasteiger partial charge in [-0.3, -0.25) is 0 Å². The van der Waals surface area contributed by atoms with Crippen LogP contribution in [0, 0.1) is 13.7 Å². The lowest BCUT2D eigenvalue weighted by molar-refractivity contribution is 0.481. The summed E-state index contributed by atoms with van der Waals surface area (Å²) in [5.74, 6) is 1.00. The molecular weight excluding hydrogens is 198 g/mol. The van der Waals surface area contributed by atoms with Crippen LogP contribution in [0.4, 0.5) is 11.4 Å². The minimum absolute atomic E-state index is 0.192. The van der Waals surface area contributed by atoms with Gasteiger partial charge in [0.2, 0.25) is 0 Å². The van der Waals surface area contributed by atoms with E-state index in [0.29, 0.717) is 22.9 Å². The fourth-order valence-corrected chi connectivity index (χ4v) is 1.70. The molecule has 1 heterocycles. The number of anilines is 2. The molecule has 0 aliphatic carbocycles. The predicted molar refractivity (Wildman–Crippen MR) is 65.7 cm³/mol. The van der Waals surface area contributed by atoms with Gasteiger partial charge in [0, 0.05) is 8.22 Å². The van der Waals surface area contributed by atoms with Gasteiger partial charge >= 0.3 is 0 Å². The summed E-state index contributed by atoms with van der Waals surface area (Å²) < 4.78 is 50.3. The van der Waals surface area contributed by atoms with Gasteiger partial charge in [0.1, 0.15) is 0 Å². The van der Waals surface area contributed by atoms with Gasteiger partial charge < -0.3 is 10.1 Å². The van der Waals surface area contributed by atoms with E-state index in [1.807, 2.05) is 0 Å². The number of nitrogens with one attached hydrogen (secondary N) is 1. The van der Waals surface area contributed by atoms with Crippen molar-refractivity contribution in [3.05, 3.63) is 47.5 Å². The molecule has 1 aliphatic heterocycles. The third-order valence-corrected chi connectivity index (χ3v) is 2.45. The lowest BCUT2D eigenvalue weighted by atomic mass is 10.1. The van der Waals surface area contributed by atoms with Crippen molar-refractivity contribution in [1.29, 1.82) is 0 Å². The highest BCUT2D eigenvalue weighted by Crippen LogP contribution is 2.42. The highest BCUT2D eigenvalue weighted by Gasteiger charge is 2.15. The van der Waals surface area contributed by atoms with Crippen LogP contribution in [0.2, 0.25) is 0 Å². The van der Waals surface area contributed by atoms with Crippen LogP contribution in [0.15, 0.2) is 36.4 Å². The molecule has 0 unspecified atom stereocenters. The Morgan fingerprint density at radius 2 is 1.50 bits per heavy atom. The van der Waals surface area contributed by atoms with Crippen molar-refractivity contribution in [3.63, 3.8) is 0 Å². The van der Waals surface area contributed by atoms with Gasteiger partial charge in [-0.05, 0) is 49.1 Å². The summed E-state index contributed by atoms with van der Waals surface area (Å²) in [5.41, 5.74) is 1.39. The molecule has 2 aromatic rings. The van der Waals surface area contributed by atoms with Gasteiger partial charge in [-0.25, -0.2) is 0 Å². The summed E-state index contributed by atoms with van der Waals surface area (Å²) in [7, 11) is 0. The Morgan fingerprint density at radius 1 is 0.938 bits per heavy atom. The van der Waals surface area contributed by atoms with Gasteiger partial charge in [-0.1, -0.05) is 12.1 Å². The maximum absolute atomic E-state index is 7.44. The highest BCUT2D eigenvalue weighted by atomic mass is 16.5. The molecule has 1 aliphatic rings. The number of rotatable bonds is 0. The first-order valence-electron chi connectivity index (χ1n) is 7.88. The molecule has 0 atom stereocenters. The molecular formula is C14H13NO. The summed E-state index contributed by atoms with van der Waals surface area (Å²) >= 11 is 0. The molecule has 0 saturated carbocycles. The summed E-state index contributed by atoms with van der Waals surface area (Å²) in [6.45, 7) is -4.42. The molecule has 0 amide bonds. The highest BCUT2D eigenvalue weighted by molar-refractivity contribution is 5.76. The molecule has 80 valence electrons. The maximum Gasteiger partial charge on any atom is 0.150 e. The summed E-state index contributed by atoms with van der Waals surface area (Å²) in [4.78, 5) is 0. The third-order valence-electron chi connectivity index (χ3n) is 2.45. The first-order chi connectivity index (χ1) is 10.1. The second-order valence-electron chi connectivity index (χ2n) is 3.65. The van der Waals surface area contributed by atoms with Crippen LogP contribution < -0.4 is 10.1 Å². The second-order valence-corrected chi connectivity index (χ2v) is 3.65. The van der Waals surface area contributed by atoms with Gasteiger partial charge in [-0.2, -0.15) is 0 Å². The quantitative estimate of drug-likeness (QED) is 0.610. The Bertz CT molecular complexity index is 674. The molecule has 2 nitrogen and oxygen atoms in total. The standard InChI is InChI=1S/C14H13NO/c1-9-3-5-13-11(7-9)15-12-8-10(2)4-6-14(12)16-13/h3-8,15H,1-2H3/i1D3,2D3. The molecule has 0 spiro atoms. The Morgan fingerprint density at radius 3 is 2.00 bits per heavy atom. The van der Waals surface area contributed by atoms with Crippen LogP contribution in [0.3, 0.4) is 0 Å². The SMILES string of the molecule is [2H]C([2H])([2H])c1ccc2c(c1)Nc1cc(C([2H])([2H])[2H])ccc1O2. The molecule has 2 aromatic carbocycles. The Hall–Kier alpha value is -1.96. The van der Waals surface area contributed by atoms with Crippen LogP contribution in [0.25, 0.3) is 0 Å². The molecule has 16 heavy (non-hydrogen) atoms. The molecule has 0 fully saturated rings. The van der Waals surface area contributed by atoms with E-state index < -0.39 is 13.7 Å². The van der Waals surface area contributed by atoms with Crippen LogP contribution >= 0.6 is 0 Å². The monoisotopic (exact) mass is 217 g/mol. The lowest BCUT2D eigenvalue weighted by Gasteiger charge is -2.22. The zero-order valence-corrected chi connectivity index (χ0v) is 8.37. The van der Waals surface area contributed by atoms with E-state index in [-0.39, 0.29) is 11.1 Å². The van der Waals surface area contributed by atoms with E-state index in [1.165, 1.54) is 24.3 Å². The van der Waals surface area contributed by atoms with Gasteiger partial charge in [0.25, 0.3) is 0 Å². The number of benzene rings is 2. The van der Waals surface area contributed by atoms with E-state index >= 15 is 0 Å². The van der Waals surface area contributed by atoms with Gasteiger partial charge in [0.05, 0.1) is 11.4 Å².